The molecule has 7 nitrogen and oxygen atoms in total. The molecule has 0 saturated carbocycles. The first-order chi connectivity index (χ1) is 11.2. The van der Waals surface area contributed by atoms with Gasteiger partial charge in [-0.05, 0) is 29.5 Å². The fourth-order valence-electron chi connectivity index (χ4n) is 1.84. The molecule has 0 unspecified atom stereocenters. The standard InChI is InChI=1S/C15H11N5O2S/c21-14(11-5-4-6-16-9-11)19-17-10-12-13(18-15(22)23-12)20-7-2-1-3-8-20/h1-10H,(H-,17,18,19,21,22). The summed E-state index contributed by atoms with van der Waals surface area (Å²) in [5.41, 5.74) is 0.351. The lowest BCUT2D eigenvalue weighted by atomic mass is 10.3. The number of hydrogen-bond donors (Lipinski definition) is 1. The van der Waals surface area contributed by atoms with E-state index in [1.807, 2.05) is 18.2 Å². The summed E-state index contributed by atoms with van der Waals surface area (Å²) >= 11 is 0.992. The summed E-state index contributed by atoms with van der Waals surface area (Å²) in [4.78, 5) is 18.5. The summed E-state index contributed by atoms with van der Waals surface area (Å²) in [6.45, 7) is 0. The molecular weight excluding hydrogens is 314 g/mol. The first-order valence-electron chi connectivity index (χ1n) is 6.62. The molecule has 114 valence electrons. The average Bonchev–Trinajstić information content (AvgIpc) is 2.97. The zero-order chi connectivity index (χ0) is 16.1. The third-order valence-corrected chi connectivity index (χ3v) is 3.67. The van der Waals surface area contributed by atoms with E-state index >= 15 is 0 Å². The Kier molecular flexibility index (Phi) is 4.34. The van der Waals surface area contributed by atoms with Crippen molar-refractivity contribution in [1.82, 2.24) is 9.97 Å². The molecule has 3 rings (SSSR count). The van der Waals surface area contributed by atoms with E-state index in [0.717, 1.165) is 11.3 Å². The third-order valence-electron chi connectivity index (χ3n) is 2.86. The van der Waals surface area contributed by atoms with Gasteiger partial charge in [0, 0.05) is 23.9 Å². The van der Waals surface area contributed by atoms with Gasteiger partial charge in [-0.15, -0.1) is 0 Å². The van der Waals surface area contributed by atoms with E-state index in [1.54, 1.807) is 35.3 Å². The van der Waals surface area contributed by atoms with Gasteiger partial charge in [0.1, 0.15) is 4.88 Å². The van der Waals surface area contributed by atoms with Gasteiger partial charge in [-0.3, -0.25) is 4.98 Å². The first kappa shape index (κ1) is 14.8. The van der Waals surface area contributed by atoms with Crippen LogP contribution in [0.15, 0.2) is 70.1 Å². The van der Waals surface area contributed by atoms with Gasteiger partial charge in [0.15, 0.2) is 0 Å². The highest BCUT2D eigenvalue weighted by molar-refractivity contribution is 7.11. The van der Waals surface area contributed by atoms with Crippen molar-refractivity contribution >= 4 is 23.4 Å². The zero-order valence-corrected chi connectivity index (χ0v) is 12.6. The Bertz CT molecular complexity index is 900. The summed E-state index contributed by atoms with van der Waals surface area (Å²) in [5.74, 6) is 0.0829. The van der Waals surface area contributed by atoms with E-state index in [0.29, 0.717) is 16.3 Å². The predicted octanol–water partition coefficient (Wildman–Crippen LogP) is 0.249. The van der Waals surface area contributed by atoms with Crippen molar-refractivity contribution in [3.05, 3.63) is 75.2 Å². The SMILES string of the molecule is O=c1[nH]c(-[n+]2ccccc2)c(/C=N/N=C(\[O-])c2cccnc2)s1. The van der Waals surface area contributed by atoms with Crippen LogP contribution in [0.2, 0.25) is 0 Å². The molecule has 3 aromatic rings. The Morgan fingerprint density at radius 2 is 2.13 bits per heavy atom. The monoisotopic (exact) mass is 325 g/mol. The van der Waals surface area contributed by atoms with Crippen molar-refractivity contribution in [2.75, 3.05) is 0 Å². The summed E-state index contributed by atoms with van der Waals surface area (Å²) < 4.78 is 1.75. The van der Waals surface area contributed by atoms with Crippen molar-refractivity contribution in [3.8, 4) is 5.82 Å². The Hall–Kier alpha value is -3.13. The molecule has 1 N–H and O–H groups in total. The molecule has 0 aliphatic rings. The Morgan fingerprint density at radius 3 is 2.87 bits per heavy atom. The first-order valence-corrected chi connectivity index (χ1v) is 7.44. The predicted molar refractivity (Wildman–Crippen MR) is 84.8 cm³/mol. The molecule has 0 aromatic carbocycles. The number of H-pyrrole nitrogens is 1. The molecule has 3 heterocycles. The second-order valence-corrected chi connectivity index (χ2v) is 5.42. The molecule has 0 atom stereocenters. The third kappa shape index (κ3) is 3.55. The van der Waals surface area contributed by atoms with E-state index in [2.05, 4.69) is 20.2 Å². The highest BCUT2D eigenvalue weighted by atomic mass is 32.1. The molecule has 0 fully saturated rings. The Balaban J connectivity index is 1.88. The number of aromatic nitrogens is 3. The average molecular weight is 325 g/mol. The highest BCUT2D eigenvalue weighted by Gasteiger charge is 2.15. The van der Waals surface area contributed by atoms with Crippen LogP contribution in [0.25, 0.3) is 5.82 Å². The molecule has 0 aliphatic heterocycles. The molecule has 0 amide bonds. The highest BCUT2D eigenvalue weighted by Crippen LogP contribution is 2.06. The number of nitrogens with one attached hydrogen (secondary N) is 1. The van der Waals surface area contributed by atoms with Gasteiger partial charge in [0.05, 0.1) is 18.6 Å². The van der Waals surface area contributed by atoms with Crippen LogP contribution in [-0.2, 0) is 0 Å². The smallest absolute Gasteiger partial charge is 0.390 e. The summed E-state index contributed by atoms with van der Waals surface area (Å²) in [7, 11) is 0. The van der Waals surface area contributed by atoms with Gasteiger partial charge in [-0.25, -0.2) is 9.36 Å². The molecular formula is C15H11N5O2S. The Morgan fingerprint density at radius 1 is 1.30 bits per heavy atom. The number of thiazole rings is 1. The summed E-state index contributed by atoms with van der Waals surface area (Å²) in [6.07, 6.45) is 7.97. The molecule has 0 bridgehead atoms. The molecule has 8 heteroatoms. The zero-order valence-electron chi connectivity index (χ0n) is 11.8. The fraction of sp³-hybridized carbons (Fsp3) is 0. The second-order valence-electron chi connectivity index (χ2n) is 4.40. The van der Waals surface area contributed by atoms with Gasteiger partial charge in [0.25, 0.3) is 0 Å². The molecule has 0 spiro atoms. The number of hydrogen-bond acceptors (Lipinski definition) is 6. The van der Waals surface area contributed by atoms with Crippen molar-refractivity contribution in [1.29, 1.82) is 0 Å². The van der Waals surface area contributed by atoms with Crippen molar-refractivity contribution in [2.24, 2.45) is 10.2 Å². The van der Waals surface area contributed by atoms with Crippen molar-refractivity contribution in [2.45, 2.75) is 0 Å². The number of pyridine rings is 2. The van der Waals surface area contributed by atoms with Gasteiger partial charge in [0.2, 0.25) is 0 Å². The second kappa shape index (κ2) is 6.75. The van der Waals surface area contributed by atoms with Crippen LogP contribution in [0.4, 0.5) is 0 Å². The lowest BCUT2D eigenvalue weighted by Gasteiger charge is -2.06. The van der Waals surface area contributed by atoms with Gasteiger partial charge in [-0.1, -0.05) is 12.1 Å². The lowest BCUT2D eigenvalue weighted by Crippen LogP contribution is -2.31. The molecule has 0 aliphatic carbocycles. The minimum Gasteiger partial charge on any atom is -0.857 e. The maximum Gasteiger partial charge on any atom is 0.390 e. The van der Waals surface area contributed by atoms with Crippen molar-refractivity contribution < 1.29 is 9.67 Å². The molecule has 0 radical (unpaired) electrons. The largest absolute Gasteiger partial charge is 0.857 e. The maximum absolute atomic E-state index is 11.8. The summed E-state index contributed by atoms with van der Waals surface area (Å²) in [5, 5.41) is 19.2. The van der Waals surface area contributed by atoms with Crippen LogP contribution >= 0.6 is 11.3 Å². The topological polar surface area (TPSA) is 97.4 Å². The normalized spacial score (nSPS) is 11.9. The van der Waals surface area contributed by atoms with Crippen LogP contribution in [-0.4, -0.2) is 22.1 Å². The molecule has 23 heavy (non-hydrogen) atoms. The number of rotatable bonds is 4. The van der Waals surface area contributed by atoms with E-state index in [9.17, 15) is 9.90 Å². The maximum atomic E-state index is 11.8. The fourth-order valence-corrected chi connectivity index (χ4v) is 2.54. The number of nitrogens with zero attached hydrogens (tertiary/aromatic N) is 4. The molecule has 3 aromatic heterocycles. The van der Waals surface area contributed by atoms with Gasteiger partial charge < -0.3 is 5.11 Å². The minimum absolute atomic E-state index is 0.212. The van der Waals surface area contributed by atoms with Crippen LogP contribution in [0.1, 0.15) is 10.4 Å². The van der Waals surface area contributed by atoms with E-state index in [1.165, 1.54) is 12.4 Å². The lowest BCUT2D eigenvalue weighted by molar-refractivity contribution is -0.599. The van der Waals surface area contributed by atoms with Gasteiger partial charge >= 0.3 is 10.7 Å². The van der Waals surface area contributed by atoms with Gasteiger partial charge in [-0.2, -0.15) is 15.2 Å². The van der Waals surface area contributed by atoms with E-state index in [-0.39, 0.29) is 4.87 Å². The summed E-state index contributed by atoms with van der Waals surface area (Å²) in [6, 6.07) is 8.81. The molecule has 0 saturated heterocycles. The van der Waals surface area contributed by atoms with Crippen molar-refractivity contribution in [3.63, 3.8) is 0 Å². The van der Waals surface area contributed by atoms with Crippen LogP contribution in [0.3, 0.4) is 0 Å². The van der Waals surface area contributed by atoms with Crippen LogP contribution < -0.4 is 14.5 Å². The van der Waals surface area contributed by atoms with Crippen LogP contribution in [0, 0.1) is 0 Å². The quantitative estimate of drug-likeness (QED) is 0.322. The van der Waals surface area contributed by atoms with E-state index in [4.69, 9.17) is 0 Å². The number of aromatic amines is 1. The van der Waals surface area contributed by atoms with E-state index < -0.39 is 5.90 Å². The minimum atomic E-state index is -0.494. The Labute approximate surface area is 135 Å². The van der Waals surface area contributed by atoms with Crippen LogP contribution in [0.5, 0.6) is 0 Å².